The van der Waals surface area contributed by atoms with Crippen molar-refractivity contribution in [3.05, 3.63) is 63.8 Å². The second kappa shape index (κ2) is 9.42. The molecule has 0 radical (unpaired) electrons. The second-order valence-electron chi connectivity index (χ2n) is 10.1. The second-order valence-corrected chi connectivity index (χ2v) is 11.0. The molecule has 5 heterocycles. The van der Waals surface area contributed by atoms with Crippen LogP contribution < -0.4 is 16.2 Å². The highest BCUT2D eigenvalue weighted by atomic mass is 32.1. The third-order valence-corrected chi connectivity index (χ3v) is 7.09. The molecule has 10 heteroatoms. The number of aryl methyl sites for hydroxylation is 1. The molecule has 188 valence electrons. The van der Waals surface area contributed by atoms with Gasteiger partial charge in [-0.1, -0.05) is 6.08 Å². The highest BCUT2D eigenvalue weighted by molar-refractivity contribution is 7.13. The van der Waals surface area contributed by atoms with Crippen LogP contribution in [0.25, 0.3) is 10.4 Å². The summed E-state index contributed by atoms with van der Waals surface area (Å²) in [5.41, 5.74) is 5.93. The van der Waals surface area contributed by atoms with Gasteiger partial charge in [-0.05, 0) is 44.9 Å². The van der Waals surface area contributed by atoms with E-state index in [2.05, 4.69) is 26.7 Å². The molecule has 3 aromatic heterocycles. The number of nitrogens with zero attached hydrogens (tertiary/aromatic N) is 4. The maximum atomic E-state index is 12.7. The lowest BCUT2D eigenvalue weighted by Crippen LogP contribution is -2.40. The van der Waals surface area contributed by atoms with Crippen LogP contribution in [-0.4, -0.2) is 50.3 Å². The average Bonchev–Trinajstić information content (AvgIpc) is 3.51. The first-order valence-electron chi connectivity index (χ1n) is 12.0. The third kappa shape index (κ3) is 4.99. The predicted octanol–water partition coefficient (Wildman–Crippen LogP) is 4.55. The molecular formula is C26H30N6O3S. The minimum atomic E-state index is -0.503. The highest BCUT2D eigenvalue weighted by Gasteiger charge is 2.30. The van der Waals surface area contributed by atoms with Crippen molar-refractivity contribution < 1.29 is 9.53 Å². The summed E-state index contributed by atoms with van der Waals surface area (Å²) in [6, 6.07) is 3.96. The molecule has 36 heavy (non-hydrogen) atoms. The number of fused-ring (bicyclic) bond motifs is 1. The number of thiazole rings is 1. The first kappa shape index (κ1) is 24.1. The quantitative estimate of drug-likeness (QED) is 0.501. The Morgan fingerprint density at radius 3 is 2.86 bits per heavy atom. The molecule has 0 spiro atoms. The fourth-order valence-corrected chi connectivity index (χ4v) is 5.17. The number of anilines is 3. The Morgan fingerprint density at radius 1 is 1.33 bits per heavy atom. The Bertz CT molecular complexity index is 1370. The van der Waals surface area contributed by atoms with Crippen LogP contribution in [0.3, 0.4) is 0 Å². The first-order valence-corrected chi connectivity index (χ1v) is 12.8. The molecule has 1 unspecified atom stereocenters. The van der Waals surface area contributed by atoms with Gasteiger partial charge in [-0.25, -0.2) is 9.78 Å². The summed E-state index contributed by atoms with van der Waals surface area (Å²) in [7, 11) is 1.75. The standard InChI is InChI=1S/C26H30N6O3S/c1-26(2,3)35-25(34)32-9-6-16(7-10-32)21-12-18-20(5-8-28-23(18)30-21)29-17-11-19(22-13-27-15-36-22)24(33)31(4)14-17/h5-6,8,11,13-15,21H,7,9-10,12H2,1-4H3,(H2,28,29,30). The number of ether oxygens (including phenoxy) is 1. The molecular weight excluding hydrogens is 476 g/mol. The van der Waals surface area contributed by atoms with E-state index >= 15 is 0 Å². The van der Waals surface area contributed by atoms with Crippen LogP contribution in [0.2, 0.25) is 0 Å². The summed E-state index contributed by atoms with van der Waals surface area (Å²) >= 11 is 1.44. The van der Waals surface area contributed by atoms with Gasteiger partial charge < -0.3 is 24.8 Å². The Hall–Kier alpha value is -3.66. The molecule has 2 aliphatic rings. The molecule has 0 aromatic carbocycles. The Labute approximate surface area is 213 Å². The van der Waals surface area contributed by atoms with Crippen LogP contribution in [-0.2, 0) is 18.2 Å². The molecule has 1 amide bonds. The van der Waals surface area contributed by atoms with E-state index in [0.29, 0.717) is 18.7 Å². The molecule has 0 saturated heterocycles. The van der Waals surface area contributed by atoms with E-state index in [1.165, 1.54) is 16.9 Å². The lowest BCUT2D eigenvalue weighted by atomic mass is 9.97. The smallest absolute Gasteiger partial charge is 0.410 e. The molecule has 9 nitrogen and oxygen atoms in total. The van der Waals surface area contributed by atoms with Gasteiger partial charge in [-0.2, -0.15) is 0 Å². The largest absolute Gasteiger partial charge is 0.444 e. The summed E-state index contributed by atoms with van der Waals surface area (Å²) in [6.07, 6.45) is 8.72. The van der Waals surface area contributed by atoms with Crippen molar-refractivity contribution in [2.24, 2.45) is 7.05 Å². The summed E-state index contributed by atoms with van der Waals surface area (Å²) in [6.45, 7) is 6.80. The van der Waals surface area contributed by atoms with Crippen LogP contribution in [0.5, 0.6) is 0 Å². The van der Waals surface area contributed by atoms with Crippen molar-refractivity contribution >= 4 is 34.6 Å². The molecule has 0 bridgehead atoms. The molecule has 3 aromatic rings. The lowest BCUT2D eigenvalue weighted by molar-refractivity contribution is 0.0265. The van der Waals surface area contributed by atoms with Crippen LogP contribution in [0.15, 0.2) is 52.7 Å². The molecule has 0 saturated carbocycles. The first-order chi connectivity index (χ1) is 17.2. The average molecular weight is 507 g/mol. The Balaban J connectivity index is 1.32. The number of hydrogen-bond acceptors (Lipinski definition) is 8. The number of nitrogens with one attached hydrogen (secondary N) is 2. The molecule has 0 fully saturated rings. The maximum Gasteiger partial charge on any atom is 0.410 e. The molecule has 1 atom stereocenters. The Morgan fingerprint density at radius 2 is 2.17 bits per heavy atom. The van der Waals surface area contributed by atoms with Gasteiger partial charge in [0.1, 0.15) is 11.4 Å². The van der Waals surface area contributed by atoms with E-state index in [9.17, 15) is 9.59 Å². The molecule has 2 N–H and O–H groups in total. The fraction of sp³-hybridized carbons (Fsp3) is 0.385. The predicted molar refractivity (Wildman–Crippen MR) is 142 cm³/mol. The number of pyridine rings is 2. The van der Waals surface area contributed by atoms with Gasteiger partial charge in [0.05, 0.1) is 27.7 Å². The number of carbonyl (C=O) groups excluding carboxylic acids is 1. The lowest BCUT2D eigenvalue weighted by Gasteiger charge is -2.31. The minimum Gasteiger partial charge on any atom is -0.444 e. The van der Waals surface area contributed by atoms with Crippen LogP contribution >= 0.6 is 11.3 Å². The van der Waals surface area contributed by atoms with E-state index < -0.39 is 5.60 Å². The van der Waals surface area contributed by atoms with E-state index in [-0.39, 0.29) is 17.7 Å². The van der Waals surface area contributed by atoms with Crippen molar-refractivity contribution in [2.45, 2.75) is 45.3 Å². The van der Waals surface area contributed by atoms with Crippen LogP contribution in [0.4, 0.5) is 22.0 Å². The topological polar surface area (TPSA) is 101 Å². The van der Waals surface area contributed by atoms with Gasteiger partial charge in [-0.15, -0.1) is 11.3 Å². The van der Waals surface area contributed by atoms with Gasteiger partial charge >= 0.3 is 6.09 Å². The van der Waals surface area contributed by atoms with Gasteiger partial charge in [0, 0.05) is 56.4 Å². The fourth-order valence-electron chi connectivity index (χ4n) is 4.54. The van der Waals surface area contributed by atoms with Gasteiger partial charge in [0.15, 0.2) is 0 Å². The van der Waals surface area contributed by atoms with E-state index in [0.717, 1.165) is 40.5 Å². The van der Waals surface area contributed by atoms with Crippen molar-refractivity contribution in [3.8, 4) is 10.4 Å². The summed E-state index contributed by atoms with van der Waals surface area (Å²) < 4.78 is 7.09. The van der Waals surface area contributed by atoms with E-state index in [4.69, 9.17) is 4.74 Å². The Kier molecular flexibility index (Phi) is 6.29. The van der Waals surface area contributed by atoms with E-state index in [1.807, 2.05) is 32.9 Å². The van der Waals surface area contributed by atoms with Gasteiger partial charge in [0.25, 0.3) is 5.56 Å². The molecule has 2 aliphatic heterocycles. The van der Waals surface area contributed by atoms with Crippen molar-refractivity contribution in [1.29, 1.82) is 0 Å². The number of carbonyl (C=O) groups is 1. The van der Waals surface area contributed by atoms with E-state index in [1.54, 1.807) is 40.6 Å². The zero-order chi connectivity index (χ0) is 25.4. The highest BCUT2D eigenvalue weighted by Crippen LogP contribution is 2.36. The SMILES string of the molecule is Cn1cc(Nc2ccnc3c2CC(C2=CCN(C(=O)OC(C)(C)C)CC2)N3)cc(-c2cncs2)c1=O. The third-order valence-electron chi connectivity index (χ3n) is 6.28. The van der Waals surface area contributed by atoms with Crippen LogP contribution in [0, 0.1) is 0 Å². The molecule has 0 aliphatic carbocycles. The van der Waals surface area contributed by atoms with Crippen molar-refractivity contribution in [3.63, 3.8) is 0 Å². The number of amides is 1. The van der Waals surface area contributed by atoms with Crippen molar-refractivity contribution in [2.75, 3.05) is 23.7 Å². The summed E-state index contributed by atoms with van der Waals surface area (Å²) in [5, 5.41) is 7.05. The summed E-state index contributed by atoms with van der Waals surface area (Å²) in [4.78, 5) is 36.3. The van der Waals surface area contributed by atoms with Gasteiger partial charge in [-0.3, -0.25) is 9.78 Å². The minimum absolute atomic E-state index is 0.0591. The van der Waals surface area contributed by atoms with Crippen molar-refractivity contribution in [1.82, 2.24) is 19.4 Å². The zero-order valence-electron chi connectivity index (χ0n) is 20.9. The normalized spacial score (nSPS) is 17.3. The number of aromatic nitrogens is 3. The summed E-state index contributed by atoms with van der Waals surface area (Å²) in [5.74, 6) is 0.855. The van der Waals surface area contributed by atoms with Crippen LogP contribution in [0.1, 0.15) is 32.8 Å². The number of hydrogen-bond donors (Lipinski definition) is 2. The maximum absolute atomic E-state index is 12.7. The number of rotatable bonds is 4. The zero-order valence-corrected chi connectivity index (χ0v) is 21.7. The monoisotopic (exact) mass is 506 g/mol. The van der Waals surface area contributed by atoms with Gasteiger partial charge in [0.2, 0.25) is 0 Å². The molecule has 5 rings (SSSR count).